The molecule has 0 saturated heterocycles. The molecule has 0 fully saturated rings. The molecular formula is C17H20N2O3S. The van der Waals surface area contributed by atoms with Crippen molar-refractivity contribution in [3.05, 3.63) is 41.8 Å². The molecule has 2 rings (SSSR count). The summed E-state index contributed by atoms with van der Waals surface area (Å²) >= 11 is 1.61. The zero-order chi connectivity index (χ0) is 16.7. The third kappa shape index (κ3) is 5.19. The van der Waals surface area contributed by atoms with Crippen LogP contribution in [0.15, 0.2) is 41.8 Å². The van der Waals surface area contributed by atoms with E-state index in [1.807, 2.05) is 42.6 Å². The molecule has 2 aromatic rings. The highest BCUT2D eigenvalue weighted by molar-refractivity contribution is 7.13. The first-order valence-electron chi connectivity index (χ1n) is 7.44. The highest BCUT2D eigenvalue weighted by atomic mass is 32.1. The summed E-state index contributed by atoms with van der Waals surface area (Å²) in [6.45, 7) is 2.33. The molecule has 0 aliphatic rings. The molecule has 23 heavy (non-hydrogen) atoms. The number of carbonyl (C=O) groups is 2. The van der Waals surface area contributed by atoms with Crippen LogP contribution in [0.3, 0.4) is 0 Å². The predicted molar refractivity (Wildman–Crippen MR) is 92.3 cm³/mol. The molecule has 3 N–H and O–H groups in total. The second-order valence-electron chi connectivity index (χ2n) is 5.34. The lowest BCUT2D eigenvalue weighted by molar-refractivity contribution is -0.136. The van der Waals surface area contributed by atoms with Gasteiger partial charge in [0.2, 0.25) is 0 Å². The van der Waals surface area contributed by atoms with Crippen molar-refractivity contribution in [1.82, 2.24) is 5.32 Å². The first kappa shape index (κ1) is 17.2. The van der Waals surface area contributed by atoms with Crippen LogP contribution >= 0.6 is 11.3 Å². The average Bonchev–Trinajstić information content (AvgIpc) is 3.07. The SMILES string of the molecule is CC(CCO)CNC(=O)C(=O)Nc1cccc(-c2cccs2)c1. The number of hydrogen-bond donors (Lipinski definition) is 3. The van der Waals surface area contributed by atoms with Gasteiger partial charge in [0.05, 0.1) is 0 Å². The number of nitrogens with one attached hydrogen (secondary N) is 2. The van der Waals surface area contributed by atoms with Crippen LogP contribution in [0.1, 0.15) is 13.3 Å². The second kappa shape index (κ2) is 8.45. The van der Waals surface area contributed by atoms with Crippen LogP contribution in [0.2, 0.25) is 0 Å². The van der Waals surface area contributed by atoms with Gasteiger partial charge in [-0.3, -0.25) is 9.59 Å². The van der Waals surface area contributed by atoms with E-state index in [1.54, 1.807) is 17.4 Å². The fraction of sp³-hybridized carbons (Fsp3) is 0.294. The van der Waals surface area contributed by atoms with Gasteiger partial charge in [-0.15, -0.1) is 11.3 Å². The van der Waals surface area contributed by atoms with Gasteiger partial charge in [-0.05, 0) is 41.5 Å². The number of rotatable bonds is 6. The molecule has 2 amide bonds. The minimum Gasteiger partial charge on any atom is -0.396 e. The lowest BCUT2D eigenvalue weighted by Crippen LogP contribution is -2.37. The average molecular weight is 332 g/mol. The van der Waals surface area contributed by atoms with E-state index in [-0.39, 0.29) is 12.5 Å². The Kier molecular flexibility index (Phi) is 6.31. The summed E-state index contributed by atoms with van der Waals surface area (Å²) in [7, 11) is 0. The van der Waals surface area contributed by atoms with Gasteiger partial charge in [0.15, 0.2) is 0 Å². The van der Waals surface area contributed by atoms with Crippen molar-refractivity contribution >= 4 is 28.8 Å². The Balaban J connectivity index is 1.92. The van der Waals surface area contributed by atoms with Gasteiger partial charge >= 0.3 is 11.8 Å². The van der Waals surface area contributed by atoms with E-state index in [0.717, 1.165) is 10.4 Å². The normalized spacial score (nSPS) is 11.7. The Labute approximate surface area is 139 Å². The number of hydrogen-bond acceptors (Lipinski definition) is 4. The van der Waals surface area contributed by atoms with E-state index in [9.17, 15) is 9.59 Å². The van der Waals surface area contributed by atoms with Gasteiger partial charge in [0.1, 0.15) is 0 Å². The van der Waals surface area contributed by atoms with Crippen molar-refractivity contribution < 1.29 is 14.7 Å². The van der Waals surface area contributed by atoms with Crippen LogP contribution in [-0.4, -0.2) is 30.1 Å². The molecular weight excluding hydrogens is 312 g/mol. The monoisotopic (exact) mass is 332 g/mol. The van der Waals surface area contributed by atoms with Crippen LogP contribution in [0.4, 0.5) is 5.69 Å². The Morgan fingerprint density at radius 2 is 2.04 bits per heavy atom. The van der Waals surface area contributed by atoms with Crippen LogP contribution in [0.5, 0.6) is 0 Å². The molecule has 6 heteroatoms. The minimum atomic E-state index is -0.690. The molecule has 0 aliphatic carbocycles. The van der Waals surface area contributed by atoms with Gasteiger partial charge in [-0.1, -0.05) is 25.1 Å². The molecule has 1 unspecified atom stereocenters. The standard InChI is InChI=1S/C17H20N2O3S/c1-12(7-8-20)11-18-16(21)17(22)19-14-5-2-4-13(10-14)15-6-3-9-23-15/h2-6,9-10,12,20H,7-8,11H2,1H3,(H,18,21)(H,19,22). The van der Waals surface area contributed by atoms with Crippen molar-refractivity contribution in [3.8, 4) is 10.4 Å². The van der Waals surface area contributed by atoms with Gasteiger partial charge < -0.3 is 15.7 Å². The van der Waals surface area contributed by atoms with Crippen LogP contribution in [0, 0.1) is 5.92 Å². The fourth-order valence-electron chi connectivity index (χ4n) is 2.05. The Hall–Kier alpha value is -2.18. The lowest BCUT2D eigenvalue weighted by Gasteiger charge is -2.11. The van der Waals surface area contributed by atoms with E-state index in [4.69, 9.17) is 5.11 Å². The largest absolute Gasteiger partial charge is 0.396 e. The van der Waals surface area contributed by atoms with E-state index in [0.29, 0.717) is 18.7 Å². The highest BCUT2D eigenvalue weighted by Gasteiger charge is 2.14. The van der Waals surface area contributed by atoms with Crippen LogP contribution in [0.25, 0.3) is 10.4 Å². The number of aliphatic hydroxyl groups is 1. The van der Waals surface area contributed by atoms with Crippen molar-refractivity contribution in [2.24, 2.45) is 5.92 Å². The third-order valence-electron chi connectivity index (χ3n) is 3.37. The summed E-state index contributed by atoms with van der Waals surface area (Å²) in [4.78, 5) is 24.8. The third-order valence-corrected chi connectivity index (χ3v) is 4.28. The van der Waals surface area contributed by atoms with Crippen LogP contribution in [-0.2, 0) is 9.59 Å². The molecule has 1 aromatic carbocycles. The first-order chi connectivity index (χ1) is 11.1. The maximum absolute atomic E-state index is 11.9. The molecule has 0 spiro atoms. The predicted octanol–water partition coefficient (Wildman–Crippen LogP) is 2.49. The molecule has 122 valence electrons. The fourth-order valence-corrected chi connectivity index (χ4v) is 2.77. The van der Waals surface area contributed by atoms with Gasteiger partial charge in [0, 0.05) is 23.7 Å². The lowest BCUT2D eigenvalue weighted by atomic mass is 10.1. The van der Waals surface area contributed by atoms with Crippen molar-refractivity contribution in [3.63, 3.8) is 0 Å². The quantitative estimate of drug-likeness (QED) is 0.711. The summed E-state index contributed by atoms with van der Waals surface area (Å²) in [5.74, 6) is -1.24. The topological polar surface area (TPSA) is 78.4 Å². The molecule has 1 aromatic heterocycles. The summed E-state index contributed by atoms with van der Waals surface area (Å²) in [6, 6.07) is 11.3. The maximum Gasteiger partial charge on any atom is 0.313 e. The maximum atomic E-state index is 11.9. The summed E-state index contributed by atoms with van der Waals surface area (Å²) in [5.41, 5.74) is 1.58. The van der Waals surface area contributed by atoms with E-state index in [1.165, 1.54) is 0 Å². The number of thiophene rings is 1. The molecule has 1 heterocycles. The zero-order valence-corrected chi connectivity index (χ0v) is 13.7. The number of anilines is 1. The van der Waals surface area contributed by atoms with Gasteiger partial charge in [-0.2, -0.15) is 0 Å². The summed E-state index contributed by atoms with van der Waals surface area (Å²) in [5, 5.41) is 16.0. The Bertz CT molecular complexity index is 656. The summed E-state index contributed by atoms with van der Waals surface area (Å²) in [6.07, 6.45) is 0.588. The minimum absolute atomic E-state index is 0.0682. The molecule has 0 aliphatic heterocycles. The van der Waals surface area contributed by atoms with E-state index >= 15 is 0 Å². The smallest absolute Gasteiger partial charge is 0.313 e. The first-order valence-corrected chi connectivity index (χ1v) is 8.32. The number of aliphatic hydroxyl groups excluding tert-OH is 1. The number of benzene rings is 1. The molecule has 0 bridgehead atoms. The van der Waals surface area contributed by atoms with Crippen molar-refractivity contribution in [2.45, 2.75) is 13.3 Å². The van der Waals surface area contributed by atoms with Crippen molar-refractivity contribution in [2.75, 3.05) is 18.5 Å². The highest BCUT2D eigenvalue weighted by Crippen LogP contribution is 2.26. The Morgan fingerprint density at radius 1 is 1.22 bits per heavy atom. The molecule has 0 radical (unpaired) electrons. The molecule has 0 saturated carbocycles. The second-order valence-corrected chi connectivity index (χ2v) is 6.29. The molecule has 1 atom stereocenters. The van der Waals surface area contributed by atoms with Crippen molar-refractivity contribution in [1.29, 1.82) is 0 Å². The van der Waals surface area contributed by atoms with Gasteiger partial charge in [0.25, 0.3) is 0 Å². The number of amides is 2. The van der Waals surface area contributed by atoms with Crippen LogP contribution < -0.4 is 10.6 Å². The van der Waals surface area contributed by atoms with E-state index < -0.39 is 11.8 Å². The Morgan fingerprint density at radius 3 is 2.74 bits per heavy atom. The molecule has 5 nitrogen and oxygen atoms in total. The van der Waals surface area contributed by atoms with Gasteiger partial charge in [-0.25, -0.2) is 0 Å². The summed E-state index contributed by atoms with van der Waals surface area (Å²) < 4.78 is 0. The number of carbonyl (C=O) groups excluding carboxylic acids is 2. The zero-order valence-electron chi connectivity index (χ0n) is 12.9. The van der Waals surface area contributed by atoms with E-state index in [2.05, 4.69) is 10.6 Å².